The van der Waals surface area contributed by atoms with Crippen molar-refractivity contribution in [2.75, 3.05) is 18.5 Å². The van der Waals surface area contributed by atoms with Crippen LogP contribution in [0.2, 0.25) is 0 Å². The Morgan fingerprint density at radius 2 is 2.11 bits per heavy atom. The number of rotatable bonds is 5. The topological polar surface area (TPSA) is 62.4 Å². The lowest BCUT2D eigenvalue weighted by Gasteiger charge is -2.24. The summed E-state index contributed by atoms with van der Waals surface area (Å²) in [5.41, 5.74) is 8.94. The van der Waals surface area contributed by atoms with Crippen molar-refractivity contribution < 1.29 is 5.11 Å². The molecular formula is C15H21N3O. The zero-order valence-electron chi connectivity index (χ0n) is 11.5. The van der Waals surface area contributed by atoms with E-state index in [2.05, 4.69) is 16.0 Å². The van der Waals surface area contributed by atoms with E-state index >= 15 is 0 Å². The van der Waals surface area contributed by atoms with Gasteiger partial charge in [0.15, 0.2) is 0 Å². The first kappa shape index (κ1) is 13.8. The monoisotopic (exact) mass is 259 g/mol. The highest BCUT2D eigenvalue weighted by atomic mass is 16.3. The van der Waals surface area contributed by atoms with Crippen LogP contribution in [-0.2, 0) is 6.54 Å². The number of pyridine rings is 1. The second-order valence-corrected chi connectivity index (χ2v) is 4.91. The van der Waals surface area contributed by atoms with E-state index in [1.54, 1.807) is 0 Å². The summed E-state index contributed by atoms with van der Waals surface area (Å²) < 4.78 is 0. The maximum atomic E-state index is 9.42. The lowest BCUT2D eigenvalue weighted by molar-refractivity contribution is 0.187. The molecular weight excluding hydrogens is 238 g/mol. The second kappa shape index (κ2) is 5.99. The predicted octanol–water partition coefficient (Wildman–Crippen LogP) is 1.90. The lowest BCUT2D eigenvalue weighted by atomic mass is 10.1. The van der Waals surface area contributed by atoms with Gasteiger partial charge in [0.2, 0.25) is 0 Å². The minimum Gasteiger partial charge on any atom is -0.393 e. The molecule has 0 saturated heterocycles. The molecule has 0 radical (unpaired) electrons. The van der Waals surface area contributed by atoms with Crippen LogP contribution in [0.15, 0.2) is 30.5 Å². The van der Waals surface area contributed by atoms with E-state index in [-0.39, 0.29) is 6.10 Å². The highest BCUT2D eigenvalue weighted by Gasteiger charge is 2.12. The first-order valence-electron chi connectivity index (χ1n) is 6.59. The Morgan fingerprint density at radius 3 is 2.79 bits per heavy atom. The van der Waals surface area contributed by atoms with Gasteiger partial charge in [0.1, 0.15) is 0 Å². The molecule has 1 unspecified atom stereocenters. The summed E-state index contributed by atoms with van der Waals surface area (Å²) >= 11 is 0. The van der Waals surface area contributed by atoms with Gasteiger partial charge < -0.3 is 15.7 Å². The molecule has 1 aromatic carbocycles. The fourth-order valence-corrected chi connectivity index (χ4v) is 2.26. The summed E-state index contributed by atoms with van der Waals surface area (Å²) in [5.74, 6) is 0. The molecule has 0 saturated carbocycles. The third-order valence-electron chi connectivity index (χ3n) is 3.31. The Hall–Kier alpha value is -1.65. The van der Waals surface area contributed by atoms with Gasteiger partial charge in [0, 0.05) is 37.3 Å². The normalized spacial score (nSPS) is 12.6. The van der Waals surface area contributed by atoms with Crippen LogP contribution < -0.4 is 10.6 Å². The van der Waals surface area contributed by atoms with Crippen LogP contribution in [0.5, 0.6) is 0 Å². The average molecular weight is 259 g/mol. The van der Waals surface area contributed by atoms with Crippen molar-refractivity contribution in [3.05, 3.63) is 36.0 Å². The second-order valence-electron chi connectivity index (χ2n) is 4.91. The minimum absolute atomic E-state index is 0.295. The van der Waals surface area contributed by atoms with E-state index < -0.39 is 0 Å². The van der Waals surface area contributed by atoms with Gasteiger partial charge in [-0.1, -0.05) is 18.2 Å². The van der Waals surface area contributed by atoms with E-state index in [1.165, 1.54) is 0 Å². The number of fused-ring (bicyclic) bond motifs is 1. The molecule has 0 aliphatic carbocycles. The van der Waals surface area contributed by atoms with Gasteiger partial charge in [-0.2, -0.15) is 0 Å². The van der Waals surface area contributed by atoms with Crippen LogP contribution in [0.25, 0.3) is 10.9 Å². The Labute approximate surface area is 113 Å². The zero-order valence-corrected chi connectivity index (χ0v) is 11.5. The molecule has 0 aliphatic heterocycles. The molecule has 0 amide bonds. The highest BCUT2D eigenvalue weighted by molar-refractivity contribution is 5.93. The van der Waals surface area contributed by atoms with E-state index in [9.17, 15) is 5.11 Å². The van der Waals surface area contributed by atoms with E-state index in [1.807, 2.05) is 38.4 Å². The molecule has 1 aromatic heterocycles. The van der Waals surface area contributed by atoms with Crippen LogP contribution in [0.4, 0.5) is 5.69 Å². The molecule has 0 spiro atoms. The van der Waals surface area contributed by atoms with Gasteiger partial charge in [-0.3, -0.25) is 4.98 Å². The number of aliphatic hydroxyl groups excluding tert-OH is 1. The number of aliphatic hydroxyl groups is 1. The van der Waals surface area contributed by atoms with Crippen LogP contribution >= 0.6 is 0 Å². The Morgan fingerprint density at radius 1 is 1.37 bits per heavy atom. The standard InChI is InChI=1S/C15H21N3O/c1-11(19)7-8-18(2)15-12(9-16)10-17-14-6-4-3-5-13(14)15/h3-6,10-11,19H,7-9,16H2,1-2H3. The van der Waals surface area contributed by atoms with Crippen molar-refractivity contribution in [3.8, 4) is 0 Å². The van der Waals surface area contributed by atoms with Crippen molar-refractivity contribution in [3.63, 3.8) is 0 Å². The Bertz CT molecular complexity index is 554. The third kappa shape index (κ3) is 3.03. The van der Waals surface area contributed by atoms with Gasteiger partial charge in [0.05, 0.1) is 17.3 Å². The first-order valence-corrected chi connectivity index (χ1v) is 6.59. The minimum atomic E-state index is -0.295. The van der Waals surface area contributed by atoms with Crippen LogP contribution in [0.3, 0.4) is 0 Å². The van der Waals surface area contributed by atoms with E-state index in [4.69, 9.17) is 5.73 Å². The van der Waals surface area contributed by atoms with E-state index in [0.29, 0.717) is 6.54 Å². The molecule has 102 valence electrons. The number of anilines is 1. The van der Waals surface area contributed by atoms with Crippen LogP contribution in [0, 0.1) is 0 Å². The number of aromatic nitrogens is 1. The number of nitrogens with two attached hydrogens (primary N) is 1. The summed E-state index contributed by atoms with van der Waals surface area (Å²) in [6, 6.07) is 8.06. The summed E-state index contributed by atoms with van der Waals surface area (Å²) in [5, 5.41) is 10.5. The Kier molecular flexibility index (Phi) is 4.35. The van der Waals surface area contributed by atoms with Crippen molar-refractivity contribution in [1.29, 1.82) is 0 Å². The summed E-state index contributed by atoms with van der Waals surface area (Å²) in [7, 11) is 2.03. The van der Waals surface area contributed by atoms with Crippen molar-refractivity contribution in [1.82, 2.24) is 4.98 Å². The molecule has 4 heteroatoms. The molecule has 0 fully saturated rings. The molecule has 4 nitrogen and oxygen atoms in total. The largest absolute Gasteiger partial charge is 0.393 e. The molecule has 3 N–H and O–H groups in total. The Balaban J connectivity index is 2.43. The SMILES string of the molecule is CC(O)CCN(C)c1c(CN)cnc2ccccc12. The molecule has 19 heavy (non-hydrogen) atoms. The fourth-order valence-electron chi connectivity index (χ4n) is 2.26. The van der Waals surface area contributed by atoms with Crippen LogP contribution in [-0.4, -0.2) is 29.8 Å². The highest BCUT2D eigenvalue weighted by Crippen LogP contribution is 2.28. The maximum absolute atomic E-state index is 9.42. The summed E-state index contributed by atoms with van der Waals surface area (Å²) in [6.07, 6.45) is 2.28. The predicted molar refractivity (Wildman–Crippen MR) is 79.2 cm³/mol. The molecule has 0 aliphatic rings. The number of nitrogens with zero attached hydrogens (tertiary/aromatic N) is 2. The quantitative estimate of drug-likeness (QED) is 0.861. The van der Waals surface area contributed by atoms with E-state index in [0.717, 1.165) is 35.1 Å². The van der Waals surface area contributed by atoms with Crippen LogP contribution in [0.1, 0.15) is 18.9 Å². The van der Waals surface area contributed by atoms with Crippen molar-refractivity contribution in [2.24, 2.45) is 5.73 Å². The number of hydrogen-bond acceptors (Lipinski definition) is 4. The number of benzene rings is 1. The van der Waals surface area contributed by atoms with Gasteiger partial charge in [-0.25, -0.2) is 0 Å². The van der Waals surface area contributed by atoms with Gasteiger partial charge in [0.25, 0.3) is 0 Å². The molecule has 2 aromatic rings. The summed E-state index contributed by atoms with van der Waals surface area (Å²) in [4.78, 5) is 6.59. The number of hydrogen-bond donors (Lipinski definition) is 2. The smallest absolute Gasteiger partial charge is 0.0723 e. The maximum Gasteiger partial charge on any atom is 0.0723 e. The van der Waals surface area contributed by atoms with Gasteiger partial charge in [-0.05, 0) is 19.4 Å². The molecule has 1 atom stereocenters. The summed E-state index contributed by atoms with van der Waals surface area (Å²) in [6.45, 7) is 3.06. The third-order valence-corrected chi connectivity index (χ3v) is 3.31. The molecule has 0 bridgehead atoms. The van der Waals surface area contributed by atoms with Crippen molar-refractivity contribution in [2.45, 2.75) is 26.0 Å². The fraction of sp³-hybridized carbons (Fsp3) is 0.400. The first-order chi connectivity index (χ1) is 9.13. The number of para-hydroxylation sites is 1. The van der Waals surface area contributed by atoms with Crippen molar-refractivity contribution >= 4 is 16.6 Å². The van der Waals surface area contributed by atoms with Gasteiger partial charge in [-0.15, -0.1) is 0 Å². The molecule has 2 rings (SSSR count). The van der Waals surface area contributed by atoms with Gasteiger partial charge >= 0.3 is 0 Å². The average Bonchev–Trinajstić information content (AvgIpc) is 2.43. The molecule has 1 heterocycles. The lowest BCUT2D eigenvalue weighted by Crippen LogP contribution is -2.24. The zero-order chi connectivity index (χ0) is 13.8.